The molecular weight excluding hydrogens is 310 g/mol. The lowest BCUT2D eigenvalue weighted by Gasteiger charge is -2.45. The average Bonchev–Trinajstić information content (AvgIpc) is 2.99. The number of hydrogen-bond acceptors (Lipinski definition) is 3. The van der Waals surface area contributed by atoms with E-state index in [2.05, 4.69) is 66.2 Å². The molecule has 1 atom stereocenters. The van der Waals surface area contributed by atoms with Crippen molar-refractivity contribution in [3.8, 4) is 0 Å². The van der Waals surface area contributed by atoms with Crippen LogP contribution in [0.25, 0.3) is 0 Å². The second kappa shape index (κ2) is 6.62. The number of hydrazine groups is 1. The molecule has 2 aliphatic heterocycles. The van der Waals surface area contributed by atoms with Gasteiger partial charge in [0.15, 0.2) is 0 Å². The average molecular weight is 335 g/mol. The molecular formula is C21H25N3O. The van der Waals surface area contributed by atoms with Crippen molar-refractivity contribution < 1.29 is 4.79 Å². The minimum Gasteiger partial charge on any atom is -0.278 e. The summed E-state index contributed by atoms with van der Waals surface area (Å²) in [5.41, 5.74) is 5.23. The highest BCUT2D eigenvalue weighted by Crippen LogP contribution is 2.33. The molecule has 0 bridgehead atoms. The Morgan fingerprint density at radius 2 is 1.84 bits per heavy atom. The van der Waals surface area contributed by atoms with Crippen LogP contribution in [0.4, 0.5) is 0 Å². The Kier molecular flexibility index (Phi) is 4.32. The number of amides is 1. The third-order valence-electron chi connectivity index (χ3n) is 5.44. The Labute approximate surface area is 149 Å². The molecule has 4 nitrogen and oxygen atoms in total. The molecule has 2 aromatic carbocycles. The Morgan fingerprint density at radius 1 is 1.04 bits per heavy atom. The first-order valence-corrected chi connectivity index (χ1v) is 9.02. The number of aryl methyl sites for hydroxylation is 2. The van der Waals surface area contributed by atoms with Gasteiger partial charge in [0.2, 0.25) is 5.91 Å². The largest absolute Gasteiger partial charge is 0.278 e. The summed E-state index contributed by atoms with van der Waals surface area (Å²) < 4.78 is 0. The molecule has 0 N–H and O–H groups in total. The molecule has 2 heterocycles. The van der Waals surface area contributed by atoms with E-state index in [0.29, 0.717) is 13.1 Å². The van der Waals surface area contributed by atoms with Crippen molar-refractivity contribution in [2.75, 3.05) is 19.8 Å². The monoisotopic (exact) mass is 335 g/mol. The highest BCUT2D eigenvalue weighted by atomic mass is 16.2. The van der Waals surface area contributed by atoms with Crippen molar-refractivity contribution in [1.29, 1.82) is 0 Å². The fourth-order valence-corrected chi connectivity index (χ4v) is 3.88. The SMILES string of the molecule is Cc1ccc(C2CN(Cc3ccccc3)CN3C(=O)CCN23)cc1C. The molecule has 0 saturated carbocycles. The van der Waals surface area contributed by atoms with E-state index in [4.69, 9.17) is 0 Å². The molecule has 0 aromatic heterocycles. The summed E-state index contributed by atoms with van der Waals surface area (Å²) in [5.74, 6) is 0.242. The van der Waals surface area contributed by atoms with Gasteiger partial charge in [-0.05, 0) is 36.1 Å². The summed E-state index contributed by atoms with van der Waals surface area (Å²) in [5, 5.41) is 4.22. The predicted molar refractivity (Wildman–Crippen MR) is 98.5 cm³/mol. The fraction of sp³-hybridized carbons (Fsp3) is 0.381. The third kappa shape index (κ3) is 3.20. The molecule has 25 heavy (non-hydrogen) atoms. The zero-order valence-corrected chi connectivity index (χ0v) is 15.0. The first kappa shape index (κ1) is 16.3. The zero-order chi connectivity index (χ0) is 17.4. The number of benzene rings is 2. The van der Waals surface area contributed by atoms with Gasteiger partial charge in [-0.15, -0.1) is 0 Å². The Balaban J connectivity index is 1.62. The quantitative estimate of drug-likeness (QED) is 0.861. The van der Waals surface area contributed by atoms with Crippen molar-refractivity contribution in [3.05, 3.63) is 70.8 Å². The number of carbonyl (C=O) groups is 1. The number of nitrogens with zero attached hydrogens (tertiary/aromatic N) is 3. The van der Waals surface area contributed by atoms with E-state index in [1.54, 1.807) is 0 Å². The van der Waals surface area contributed by atoms with Crippen molar-refractivity contribution in [2.24, 2.45) is 0 Å². The van der Waals surface area contributed by atoms with Crippen LogP contribution in [0.2, 0.25) is 0 Å². The number of fused-ring (bicyclic) bond motifs is 1. The molecule has 4 rings (SSSR count). The molecule has 1 unspecified atom stereocenters. The van der Waals surface area contributed by atoms with Crippen molar-refractivity contribution >= 4 is 5.91 Å². The van der Waals surface area contributed by atoms with E-state index in [-0.39, 0.29) is 11.9 Å². The van der Waals surface area contributed by atoms with Crippen molar-refractivity contribution in [1.82, 2.24) is 14.9 Å². The minimum atomic E-state index is 0.239. The number of carbonyl (C=O) groups excluding carboxylic acids is 1. The molecule has 0 spiro atoms. The van der Waals surface area contributed by atoms with Crippen LogP contribution >= 0.6 is 0 Å². The standard InChI is InChI=1S/C21H25N3O/c1-16-8-9-19(12-17(16)2)20-14-22(13-18-6-4-3-5-7-18)15-24-21(25)10-11-23(20)24/h3-9,12,20H,10-11,13-15H2,1-2H3. The topological polar surface area (TPSA) is 26.8 Å². The maximum atomic E-state index is 12.4. The predicted octanol–water partition coefficient (Wildman–Crippen LogP) is 3.27. The lowest BCUT2D eigenvalue weighted by Crippen LogP contribution is -2.55. The maximum Gasteiger partial charge on any atom is 0.239 e. The highest BCUT2D eigenvalue weighted by Gasteiger charge is 2.40. The summed E-state index contributed by atoms with van der Waals surface area (Å²) in [7, 11) is 0. The number of hydrogen-bond donors (Lipinski definition) is 0. The minimum absolute atomic E-state index is 0.239. The Hall–Kier alpha value is -2.17. The van der Waals surface area contributed by atoms with Crippen molar-refractivity contribution in [2.45, 2.75) is 32.9 Å². The van der Waals surface area contributed by atoms with Crippen LogP contribution in [0.3, 0.4) is 0 Å². The van der Waals surface area contributed by atoms with Gasteiger partial charge in [0.25, 0.3) is 0 Å². The van der Waals surface area contributed by atoms with E-state index in [9.17, 15) is 4.79 Å². The van der Waals surface area contributed by atoms with E-state index < -0.39 is 0 Å². The molecule has 4 heteroatoms. The van der Waals surface area contributed by atoms with Crippen LogP contribution in [0.1, 0.15) is 34.7 Å². The van der Waals surface area contributed by atoms with Gasteiger partial charge in [-0.1, -0.05) is 48.5 Å². The van der Waals surface area contributed by atoms with Gasteiger partial charge in [-0.3, -0.25) is 14.7 Å². The van der Waals surface area contributed by atoms with E-state index in [1.807, 2.05) is 11.1 Å². The van der Waals surface area contributed by atoms with Crippen LogP contribution in [0, 0.1) is 13.8 Å². The molecule has 130 valence electrons. The first-order chi connectivity index (χ1) is 12.1. The third-order valence-corrected chi connectivity index (χ3v) is 5.44. The summed E-state index contributed by atoms with van der Waals surface area (Å²) in [6.45, 7) is 7.65. The molecule has 1 amide bonds. The molecule has 2 fully saturated rings. The number of rotatable bonds is 3. The van der Waals surface area contributed by atoms with Gasteiger partial charge in [0.1, 0.15) is 0 Å². The van der Waals surface area contributed by atoms with Gasteiger partial charge in [-0.2, -0.15) is 0 Å². The van der Waals surface area contributed by atoms with Gasteiger partial charge in [0, 0.05) is 26.1 Å². The van der Waals surface area contributed by atoms with Gasteiger partial charge < -0.3 is 0 Å². The molecule has 0 radical (unpaired) electrons. The molecule has 0 aliphatic carbocycles. The van der Waals surface area contributed by atoms with Crippen LogP contribution in [0.15, 0.2) is 48.5 Å². The Bertz CT molecular complexity index is 774. The van der Waals surface area contributed by atoms with Crippen LogP contribution in [-0.2, 0) is 11.3 Å². The summed E-state index contributed by atoms with van der Waals surface area (Å²) in [4.78, 5) is 14.7. The van der Waals surface area contributed by atoms with Gasteiger partial charge in [-0.25, -0.2) is 5.01 Å². The summed E-state index contributed by atoms with van der Waals surface area (Å²) >= 11 is 0. The van der Waals surface area contributed by atoms with E-state index >= 15 is 0 Å². The summed E-state index contributed by atoms with van der Waals surface area (Å²) in [6, 6.07) is 17.5. The highest BCUT2D eigenvalue weighted by molar-refractivity contribution is 5.77. The second-order valence-electron chi connectivity index (χ2n) is 7.20. The molecule has 2 aliphatic rings. The zero-order valence-electron chi connectivity index (χ0n) is 15.0. The lowest BCUT2D eigenvalue weighted by atomic mass is 9.99. The van der Waals surface area contributed by atoms with Crippen molar-refractivity contribution in [3.63, 3.8) is 0 Å². The molecule has 2 saturated heterocycles. The smallest absolute Gasteiger partial charge is 0.239 e. The van der Waals surface area contributed by atoms with Crippen LogP contribution in [0.5, 0.6) is 0 Å². The van der Waals surface area contributed by atoms with E-state index in [1.165, 1.54) is 22.3 Å². The van der Waals surface area contributed by atoms with Gasteiger partial charge >= 0.3 is 0 Å². The second-order valence-corrected chi connectivity index (χ2v) is 7.20. The van der Waals surface area contributed by atoms with Crippen LogP contribution in [-0.4, -0.2) is 40.6 Å². The Morgan fingerprint density at radius 3 is 2.60 bits per heavy atom. The summed E-state index contributed by atoms with van der Waals surface area (Å²) in [6.07, 6.45) is 0.626. The van der Waals surface area contributed by atoms with Crippen LogP contribution < -0.4 is 0 Å². The maximum absolute atomic E-state index is 12.4. The fourth-order valence-electron chi connectivity index (χ4n) is 3.88. The normalized spacial score (nSPS) is 21.6. The lowest BCUT2D eigenvalue weighted by molar-refractivity contribution is -0.158. The van der Waals surface area contributed by atoms with E-state index in [0.717, 1.165) is 19.6 Å². The first-order valence-electron chi connectivity index (χ1n) is 9.02. The van der Waals surface area contributed by atoms with Gasteiger partial charge in [0.05, 0.1) is 12.7 Å². The molecule has 2 aromatic rings.